The number of allylic oxidation sites excluding steroid dienone is 3. The largest absolute Gasteiger partial charge is 0.481 e. The molecular weight excluding hydrogens is 444 g/mol. The summed E-state index contributed by atoms with van der Waals surface area (Å²) in [5.41, 5.74) is 7.35. The number of anilines is 1. The summed E-state index contributed by atoms with van der Waals surface area (Å²) in [7, 11) is 0. The number of carboxylic acids is 1. The Kier molecular flexibility index (Phi) is 8.08. The summed E-state index contributed by atoms with van der Waals surface area (Å²) in [4.78, 5) is 35.1. The topological polar surface area (TPSA) is 119 Å². The van der Waals surface area contributed by atoms with Crippen LogP contribution in [-0.2, 0) is 11.2 Å². The molecule has 35 heavy (non-hydrogen) atoms. The Labute approximate surface area is 207 Å². The molecule has 0 aromatic carbocycles. The number of hydrogen-bond donors (Lipinski definition) is 2. The zero-order valence-corrected chi connectivity index (χ0v) is 20.9. The minimum absolute atomic E-state index is 0.183. The lowest BCUT2D eigenvalue weighted by molar-refractivity contribution is -0.138. The van der Waals surface area contributed by atoms with Crippen LogP contribution in [0.2, 0.25) is 0 Å². The van der Waals surface area contributed by atoms with E-state index in [0.717, 1.165) is 50.6 Å². The van der Waals surface area contributed by atoms with Gasteiger partial charge in [-0.3, -0.25) is 9.59 Å². The minimum Gasteiger partial charge on any atom is -0.481 e. The molecule has 1 amide bonds. The van der Waals surface area contributed by atoms with Crippen LogP contribution in [0.1, 0.15) is 81.4 Å². The van der Waals surface area contributed by atoms with Crippen LogP contribution >= 0.6 is 0 Å². The van der Waals surface area contributed by atoms with Crippen molar-refractivity contribution < 1.29 is 19.4 Å². The molecule has 0 spiro atoms. The van der Waals surface area contributed by atoms with Gasteiger partial charge in [0.05, 0.1) is 6.54 Å². The number of aryl methyl sites for hydroxylation is 1. The maximum absolute atomic E-state index is 13.4. The molecule has 1 aliphatic heterocycles. The average molecular weight is 483 g/mol. The molecule has 190 valence electrons. The number of nitrogens with zero attached hydrogens (tertiary/aromatic N) is 3. The normalized spacial score (nSPS) is 24.5. The fourth-order valence-electron chi connectivity index (χ4n) is 5.55. The molecule has 3 N–H and O–H groups in total. The molecule has 3 aliphatic rings. The highest BCUT2D eigenvalue weighted by Crippen LogP contribution is 2.39. The van der Waals surface area contributed by atoms with E-state index < -0.39 is 5.97 Å². The Bertz CT molecular complexity index is 995. The third-order valence-corrected chi connectivity index (χ3v) is 7.53. The summed E-state index contributed by atoms with van der Waals surface area (Å²) in [6, 6.07) is 0. The number of aliphatic carboxylic acids is 1. The summed E-state index contributed by atoms with van der Waals surface area (Å²) in [6.07, 6.45) is 14.4. The number of carbonyl (C=O) groups excluding carboxylic acids is 1. The van der Waals surface area contributed by atoms with E-state index in [-0.39, 0.29) is 23.7 Å². The van der Waals surface area contributed by atoms with Gasteiger partial charge in [0.1, 0.15) is 23.8 Å². The van der Waals surface area contributed by atoms with E-state index >= 15 is 0 Å². The summed E-state index contributed by atoms with van der Waals surface area (Å²) < 4.78 is 5.86. The van der Waals surface area contributed by atoms with Crippen molar-refractivity contribution in [3.63, 3.8) is 0 Å². The van der Waals surface area contributed by atoms with Crippen molar-refractivity contribution in [3.05, 3.63) is 35.3 Å². The molecule has 2 aliphatic carbocycles. The second-order valence-corrected chi connectivity index (χ2v) is 10.6. The van der Waals surface area contributed by atoms with E-state index in [1.165, 1.54) is 0 Å². The number of carboxylic acid groups (broad SMARTS) is 1. The molecular formula is C27H38N4O4. The smallest absolute Gasteiger partial charge is 0.303 e. The molecule has 1 fully saturated rings. The molecule has 0 bridgehead atoms. The lowest BCUT2D eigenvalue weighted by atomic mass is 9.73. The SMILES string of the molecule is CC(C)CCCc1nc(N)c2c(n1)OCCN(C1=CCC([C@H]3CC[C@H](CC(=O)O)CC3)C=C1)C2=O. The highest BCUT2D eigenvalue weighted by Gasteiger charge is 2.32. The van der Waals surface area contributed by atoms with Crippen LogP contribution in [-0.4, -0.2) is 45.0 Å². The van der Waals surface area contributed by atoms with Crippen LogP contribution in [0, 0.1) is 23.7 Å². The van der Waals surface area contributed by atoms with Crippen molar-refractivity contribution in [3.8, 4) is 5.88 Å². The van der Waals surface area contributed by atoms with Gasteiger partial charge in [0.2, 0.25) is 5.88 Å². The van der Waals surface area contributed by atoms with Crippen LogP contribution in [0.3, 0.4) is 0 Å². The van der Waals surface area contributed by atoms with Gasteiger partial charge in [0.15, 0.2) is 0 Å². The van der Waals surface area contributed by atoms with E-state index in [2.05, 4.69) is 36.0 Å². The second kappa shape index (κ2) is 11.2. The summed E-state index contributed by atoms with van der Waals surface area (Å²) in [6.45, 7) is 5.15. The lowest BCUT2D eigenvalue weighted by Crippen LogP contribution is -2.33. The summed E-state index contributed by atoms with van der Waals surface area (Å²) in [5.74, 6) is 2.10. The number of ether oxygens (including phenoxy) is 1. The fourth-order valence-corrected chi connectivity index (χ4v) is 5.55. The predicted octanol–water partition coefficient (Wildman–Crippen LogP) is 4.61. The average Bonchev–Trinajstić information content (AvgIpc) is 2.98. The van der Waals surface area contributed by atoms with Gasteiger partial charge >= 0.3 is 5.97 Å². The van der Waals surface area contributed by atoms with E-state index in [1.54, 1.807) is 4.90 Å². The standard InChI is InChI=1S/C27H38N4O4/c1-17(2)4-3-5-22-29-25(28)24-26(30-22)35-15-14-31(27(24)34)21-12-10-20(11-13-21)19-8-6-18(7-9-19)16-23(32)33/h10,12-13,17-20H,3-9,11,14-16H2,1-2H3,(H,32,33)(H2,28,29,30)/t18-,19-,20?. The lowest BCUT2D eigenvalue weighted by Gasteiger charge is -2.33. The van der Waals surface area contributed by atoms with Crippen molar-refractivity contribution in [2.24, 2.45) is 23.7 Å². The van der Waals surface area contributed by atoms with E-state index in [0.29, 0.717) is 54.9 Å². The third-order valence-electron chi connectivity index (χ3n) is 7.53. The molecule has 4 rings (SSSR count). The second-order valence-electron chi connectivity index (χ2n) is 10.6. The number of amides is 1. The van der Waals surface area contributed by atoms with Crippen molar-refractivity contribution in [2.75, 3.05) is 18.9 Å². The van der Waals surface area contributed by atoms with Gasteiger partial charge in [0, 0.05) is 18.5 Å². The Morgan fingerprint density at radius 2 is 2.03 bits per heavy atom. The number of fused-ring (bicyclic) bond motifs is 1. The molecule has 0 saturated heterocycles. The van der Waals surface area contributed by atoms with Crippen LogP contribution < -0.4 is 10.5 Å². The first-order valence-electron chi connectivity index (χ1n) is 13.0. The van der Waals surface area contributed by atoms with Gasteiger partial charge in [-0.25, -0.2) is 4.98 Å². The van der Waals surface area contributed by atoms with Gasteiger partial charge in [-0.1, -0.05) is 32.4 Å². The number of aromatic nitrogens is 2. The minimum atomic E-state index is -0.695. The number of hydrogen-bond acceptors (Lipinski definition) is 6. The van der Waals surface area contributed by atoms with Gasteiger partial charge in [0.25, 0.3) is 5.91 Å². The zero-order valence-electron chi connectivity index (χ0n) is 20.9. The molecule has 1 unspecified atom stereocenters. The third kappa shape index (κ3) is 6.21. The molecule has 1 atom stereocenters. The predicted molar refractivity (Wildman–Crippen MR) is 134 cm³/mol. The van der Waals surface area contributed by atoms with Crippen molar-refractivity contribution in [1.82, 2.24) is 14.9 Å². The van der Waals surface area contributed by atoms with Crippen molar-refractivity contribution in [2.45, 2.75) is 71.6 Å². The Hall–Kier alpha value is -2.90. The molecule has 1 aromatic heterocycles. The number of carbonyl (C=O) groups is 2. The first-order chi connectivity index (χ1) is 16.8. The first kappa shape index (κ1) is 25.2. The maximum atomic E-state index is 13.4. The summed E-state index contributed by atoms with van der Waals surface area (Å²) >= 11 is 0. The number of nitrogens with two attached hydrogens (primary N) is 1. The number of nitrogen functional groups attached to an aromatic ring is 1. The molecule has 1 aromatic rings. The molecule has 8 nitrogen and oxygen atoms in total. The fraction of sp³-hybridized carbons (Fsp3) is 0.630. The summed E-state index contributed by atoms with van der Waals surface area (Å²) in [5, 5.41) is 9.04. The first-order valence-corrected chi connectivity index (χ1v) is 13.0. The Morgan fingerprint density at radius 3 is 2.69 bits per heavy atom. The Morgan fingerprint density at radius 1 is 1.26 bits per heavy atom. The van der Waals surface area contributed by atoms with E-state index in [4.69, 9.17) is 15.6 Å². The Balaban J connectivity index is 1.39. The van der Waals surface area contributed by atoms with Crippen LogP contribution in [0.5, 0.6) is 5.88 Å². The molecule has 0 radical (unpaired) electrons. The van der Waals surface area contributed by atoms with Gasteiger partial charge in [-0.15, -0.1) is 0 Å². The monoisotopic (exact) mass is 482 g/mol. The van der Waals surface area contributed by atoms with E-state index in [9.17, 15) is 9.59 Å². The quantitative estimate of drug-likeness (QED) is 0.555. The van der Waals surface area contributed by atoms with Gasteiger partial charge in [-0.05, 0) is 68.3 Å². The van der Waals surface area contributed by atoms with Crippen LogP contribution in [0.25, 0.3) is 0 Å². The number of rotatable bonds is 8. The van der Waals surface area contributed by atoms with Crippen LogP contribution in [0.15, 0.2) is 23.9 Å². The highest BCUT2D eigenvalue weighted by atomic mass is 16.5. The molecule has 2 heterocycles. The van der Waals surface area contributed by atoms with Crippen molar-refractivity contribution >= 4 is 17.7 Å². The highest BCUT2D eigenvalue weighted by molar-refractivity contribution is 6.01. The van der Waals surface area contributed by atoms with Crippen molar-refractivity contribution in [1.29, 1.82) is 0 Å². The zero-order chi connectivity index (χ0) is 24.9. The molecule has 8 heteroatoms. The maximum Gasteiger partial charge on any atom is 0.303 e. The van der Waals surface area contributed by atoms with Crippen LogP contribution in [0.4, 0.5) is 5.82 Å². The van der Waals surface area contributed by atoms with Gasteiger partial charge in [-0.2, -0.15) is 4.98 Å². The van der Waals surface area contributed by atoms with Gasteiger partial charge < -0.3 is 20.5 Å². The van der Waals surface area contributed by atoms with E-state index in [1.807, 2.05) is 6.08 Å². The molecule has 1 saturated carbocycles.